The fourth-order valence-electron chi connectivity index (χ4n) is 1.74. The Hall–Kier alpha value is -0.875. The summed E-state index contributed by atoms with van der Waals surface area (Å²) in [6.07, 6.45) is 3.45. The Kier molecular flexibility index (Phi) is 4.78. The van der Waals surface area contributed by atoms with E-state index in [0.717, 1.165) is 12.8 Å². The van der Waals surface area contributed by atoms with Crippen LogP contribution in [0.1, 0.15) is 25.7 Å². The number of amides is 1. The monoisotopic (exact) mass is 211 g/mol. The van der Waals surface area contributed by atoms with E-state index in [1.165, 1.54) is 13.8 Å². The lowest BCUT2D eigenvalue weighted by molar-refractivity contribution is -0.127. The predicted molar refractivity (Wildman–Crippen MR) is 56.6 cm³/mol. The molecule has 0 spiro atoms. The number of carbonyl (C=O) groups is 2. The van der Waals surface area contributed by atoms with Gasteiger partial charge in [0.05, 0.1) is 6.19 Å². The summed E-state index contributed by atoms with van der Waals surface area (Å²) in [5.41, 5.74) is 5.01. The van der Waals surface area contributed by atoms with Crippen molar-refractivity contribution in [2.45, 2.75) is 37.8 Å². The highest BCUT2D eigenvalue weighted by atomic mass is 16.3. The van der Waals surface area contributed by atoms with Crippen LogP contribution in [0, 0.1) is 5.92 Å². The second-order valence-electron chi connectivity index (χ2n) is 3.96. The normalized spacial score (nSPS) is 20.1. The van der Waals surface area contributed by atoms with Crippen molar-refractivity contribution in [2.24, 2.45) is 11.7 Å². The van der Waals surface area contributed by atoms with Gasteiger partial charge in [-0.1, -0.05) is 19.3 Å². The van der Waals surface area contributed by atoms with E-state index in [2.05, 4.69) is 5.23 Å². The predicted octanol–water partition coefficient (Wildman–Crippen LogP) is -1.21. The molecular formula is C9H16BN2O3. The first kappa shape index (κ1) is 12.2. The average Bonchev–Trinajstić information content (AvgIpc) is 2.14. The summed E-state index contributed by atoms with van der Waals surface area (Å²) in [6, 6.07) is -0.446. The quantitative estimate of drug-likeness (QED) is 0.364. The van der Waals surface area contributed by atoms with Crippen LogP contribution in [0.15, 0.2) is 0 Å². The number of primary amides is 1. The number of nitrogens with two attached hydrogens (primary N) is 1. The Morgan fingerprint density at radius 2 is 2.33 bits per heavy atom. The van der Waals surface area contributed by atoms with Crippen LogP contribution in [0.5, 0.6) is 0 Å². The molecule has 0 aromatic heterocycles. The van der Waals surface area contributed by atoms with Gasteiger partial charge in [0, 0.05) is 6.04 Å². The molecule has 0 aromatic carbocycles. The maximum absolute atomic E-state index is 10.8. The second-order valence-corrected chi connectivity index (χ2v) is 3.96. The molecule has 1 aliphatic rings. The first-order valence-corrected chi connectivity index (χ1v) is 5.15. The van der Waals surface area contributed by atoms with Gasteiger partial charge in [0.1, 0.15) is 6.10 Å². The number of hydrogen-bond donors (Lipinski definition) is 3. The highest BCUT2D eigenvalue weighted by Gasteiger charge is 2.28. The molecule has 5 nitrogen and oxygen atoms in total. The van der Waals surface area contributed by atoms with E-state index < -0.39 is 18.1 Å². The molecule has 1 amide bonds. The Morgan fingerprint density at radius 1 is 1.67 bits per heavy atom. The van der Waals surface area contributed by atoms with Gasteiger partial charge in [0.15, 0.2) is 0 Å². The largest absolute Gasteiger partial charge is 0.382 e. The van der Waals surface area contributed by atoms with E-state index >= 15 is 0 Å². The van der Waals surface area contributed by atoms with Gasteiger partial charge in [-0.15, -0.1) is 0 Å². The van der Waals surface area contributed by atoms with Gasteiger partial charge in [-0.05, 0) is 12.3 Å². The summed E-state index contributed by atoms with van der Waals surface area (Å²) >= 11 is 0. The Balaban J connectivity index is 2.42. The number of aliphatic hydroxyl groups excluding tert-OH is 1. The van der Waals surface area contributed by atoms with Gasteiger partial charge < -0.3 is 20.9 Å². The maximum Gasteiger partial charge on any atom is 0.290 e. The molecule has 2 atom stereocenters. The Bertz CT molecular complexity index is 233. The van der Waals surface area contributed by atoms with Crippen LogP contribution in [-0.4, -0.2) is 36.8 Å². The fourth-order valence-corrected chi connectivity index (χ4v) is 1.74. The zero-order valence-electron chi connectivity index (χ0n) is 8.56. The van der Waals surface area contributed by atoms with Crippen LogP contribution in [0.4, 0.5) is 0 Å². The number of aliphatic hydroxyl groups is 1. The number of rotatable bonds is 7. The molecule has 1 fully saturated rings. The zero-order chi connectivity index (χ0) is 11.3. The van der Waals surface area contributed by atoms with Gasteiger partial charge >= 0.3 is 0 Å². The van der Waals surface area contributed by atoms with Crippen LogP contribution in [-0.2, 0) is 9.59 Å². The molecule has 1 radical (unpaired) electrons. The fraction of sp³-hybridized carbons (Fsp3) is 0.778. The SMILES string of the molecule is NC(=O)C(O)C(CC1CCC1)N[B]C=O. The molecule has 15 heavy (non-hydrogen) atoms. The van der Waals surface area contributed by atoms with Crippen LogP contribution < -0.4 is 11.0 Å². The smallest absolute Gasteiger partial charge is 0.290 e. The van der Waals surface area contributed by atoms with Crippen molar-refractivity contribution >= 4 is 19.5 Å². The Labute approximate surface area is 89.7 Å². The van der Waals surface area contributed by atoms with Gasteiger partial charge in [-0.25, -0.2) is 0 Å². The van der Waals surface area contributed by atoms with Crippen molar-refractivity contribution in [2.75, 3.05) is 0 Å². The molecule has 1 saturated carbocycles. The maximum atomic E-state index is 10.8. The highest BCUT2D eigenvalue weighted by Crippen LogP contribution is 2.30. The first-order valence-electron chi connectivity index (χ1n) is 5.15. The molecule has 2 unspecified atom stereocenters. The van der Waals surface area contributed by atoms with Gasteiger partial charge in [0.25, 0.3) is 7.41 Å². The van der Waals surface area contributed by atoms with E-state index in [9.17, 15) is 14.7 Å². The van der Waals surface area contributed by atoms with E-state index in [0.29, 0.717) is 18.5 Å². The third-order valence-electron chi connectivity index (χ3n) is 2.86. The second kappa shape index (κ2) is 5.87. The summed E-state index contributed by atoms with van der Waals surface area (Å²) in [6.45, 7) is 0. The molecule has 1 aliphatic carbocycles. The van der Waals surface area contributed by atoms with Crippen LogP contribution in [0.3, 0.4) is 0 Å². The average molecular weight is 211 g/mol. The van der Waals surface area contributed by atoms with Crippen molar-refractivity contribution in [1.29, 1.82) is 0 Å². The molecule has 0 heterocycles. The minimum atomic E-state index is -1.23. The van der Waals surface area contributed by atoms with Crippen molar-refractivity contribution in [3.8, 4) is 0 Å². The standard InChI is InChI=1S/C9H16BN2O3/c11-9(15)8(14)7(12-10-5-13)4-6-2-1-3-6/h5-8,12,14H,1-4H2,(H2,11,15). The molecule has 0 bridgehead atoms. The number of nitrogens with one attached hydrogen (secondary N) is 1. The third-order valence-corrected chi connectivity index (χ3v) is 2.86. The number of hydrogen-bond acceptors (Lipinski definition) is 4. The van der Waals surface area contributed by atoms with Gasteiger partial charge in [-0.3, -0.25) is 4.79 Å². The van der Waals surface area contributed by atoms with E-state index in [-0.39, 0.29) is 0 Å². The van der Waals surface area contributed by atoms with Crippen molar-refractivity contribution in [3.05, 3.63) is 0 Å². The van der Waals surface area contributed by atoms with Crippen molar-refractivity contribution < 1.29 is 14.7 Å². The molecule has 6 heteroatoms. The minimum absolute atomic E-state index is 0.446. The zero-order valence-corrected chi connectivity index (χ0v) is 8.56. The molecule has 83 valence electrons. The summed E-state index contributed by atoms with van der Waals surface area (Å²) in [5, 5.41) is 12.2. The molecule has 0 aromatic rings. The Morgan fingerprint density at radius 3 is 2.73 bits per heavy atom. The molecular weight excluding hydrogens is 195 g/mol. The first-order chi connectivity index (χ1) is 7.15. The summed E-state index contributed by atoms with van der Waals surface area (Å²) in [7, 11) is 1.19. The van der Waals surface area contributed by atoms with E-state index in [1.54, 1.807) is 0 Å². The van der Waals surface area contributed by atoms with Crippen LogP contribution in [0.2, 0.25) is 0 Å². The lowest BCUT2D eigenvalue weighted by Crippen LogP contribution is -2.50. The van der Waals surface area contributed by atoms with E-state index in [4.69, 9.17) is 5.73 Å². The lowest BCUT2D eigenvalue weighted by atomic mass is 9.78. The summed E-state index contributed by atoms with van der Waals surface area (Å²) in [5.74, 6) is -0.234. The van der Waals surface area contributed by atoms with Gasteiger partial charge in [0.2, 0.25) is 5.91 Å². The summed E-state index contributed by atoms with van der Waals surface area (Å²) < 4.78 is 0. The molecule has 4 N–H and O–H groups in total. The van der Waals surface area contributed by atoms with Gasteiger partial charge in [-0.2, -0.15) is 0 Å². The van der Waals surface area contributed by atoms with Crippen molar-refractivity contribution in [1.82, 2.24) is 5.23 Å². The van der Waals surface area contributed by atoms with Crippen LogP contribution >= 0.6 is 0 Å². The molecule has 0 saturated heterocycles. The lowest BCUT2D eigenvalue weighted by Gasteiger charge is -2.31. The summed E-state index contributed by atoms with van der Waals surface area (Å²) in [4.78, 5) is 21.0. The topological polar surface area (TPSA) is 92.4 Å². The van der Waals surface area contributed by atoms with Crippen molar-refractivity contribution in [3.63, 3.8) is 0 Å². The van der Waals surface area contributed by atoms with Crippen LogP contribution in [0.25, 0.3) is 0 Å². The number of carbonyl (C=O) groups excluding carboxylic acids is 2. The molecule has 0 aliphatic heterocycles. The third kappa shape index (κ3) is 3.64. The van der Waals surface area contributed by atoms with E-state index in [1.807, 2.05) is 0 Å². The molecule has 1 rings (SSSR count). The highest BCUT2D eigenvalue weighted by molar-refractivity contribution is 6.64. The minimum Gasteiger partial charge on any atom is -0.382 e.